The van der Waals surface area contributed by atoms with E-state index in [9.17, 15) is 131 Å². The van der Waals surface area contributed by atoms with Gasteiger partial charge in [0.2, 0.25) is 19.7 Å². The van der Waals surface area contributed by atoms with Gasteiger partial charge in [-0.15, -0.1) is 0 Å². The van der Waals surface area contributed by atoms with Gasteiger partial charge in [-0.05, 0) is 13.8 Å². The van der Waals surface area contributed by atoms with Crippen LogP contribution in [-0.2, 0) is 19.7 Å². The lowest BCUT2D eigenvalue weighted by atomic mass is 9.92. The van der Waals surface area contributed by atoms with E-state index in [-0.39, 0.29) is 0 Å². The van der Waals surface area contributed by atoms with Crippen molar-refractivity contribution in [3.8, 4) is 0 Å². The van der Waals surface area contributed by atoms with Gasteiger partial charge in [0.15, 0.2) is 17.4 Å². The molecule has 0 heterocycles. The first-order chi connectivity index (χ1) is 20.6. The number of alkyl halides is 26. The van der Waals surface area contributed by atoms with Crippen molar-refractivity contribution >= 4 is 19.7 Å². The quantitative estimate of drug-likeness (QED) is 0.148. The first-order valence-electron chi connectivity index (χ1n) is 10.9. The third-order valence-corrected chi connectivity index (χ3v) is 10.6. The third-order valence-electron chi connectivity index (χ3n) is 6.03. The van der Waals surface area contributed by atoms with Gasteiger partial charge in [-0.1, -0.05) is 0 Å². The van der Waals surface area contributed by atoms with Crippen LogP contribution in [0.15, 0.2) is 0 Å². The van der Waals surface area contributed by atoms with Crippen LogP contribution in [0, 0.1) is 0 Å². The molecular formula is C17H10F26O4S2. The summed E-state index contributed by atoms with van der Waals surface area (Å²) in [5, 5.41) is -22.8. The maximum atomic E-state index is 14.0. The highest BCUT2D eigenvalue weighted by atomic mass is 32.3. The molecule has 0 aliphatic heterocycles. The number of halogens is 26. The molecule has 0 aromatic carbocycles. The number of rotatable bonds is 16. The molecule has 0 aromatic rings. The summed E-state index contributed by atoms with van der Waals surface area (Å²) < 4.78 is 399. The molecule has 0 rings (SSSR count). The molecule has 0 saturated heterocycles. The van der Waals surface area contributed by atoms with Gasteiger partial charge in [0.05, 0.1) is 0 Å². The van der Waals surface area contributed by atoms with Gasteiger partial charge in [-0.2, -0.15) is 105 Å². The minimum Gasteiger partial charge on any atom is -0.241 e. The number of hydrogen-bond acceptors (Lipinski definition) is 4. The summed E-state index contributed by atoms with van der Waals surface area (Å²) in [6, 6.07) is 0. The molecule has 296 valence electrons. The second-order valence-corrected chi connectivity index (χ2v) is 13.9. The Morgan fingerprint density at radius 1 is 0.347 bits per heavy atom. The average Bonchev–Trinajstić information content (AvgIpc) is 2.86. The molecular weight excluding hydrogens is 826 g/mol. The SMILES string of the molecule is CC(F)C(F)(F)C(F)(F)C(F)(F)C(F)(F)C(F)(F)C(F)(F)S(=O)(=O)CS(=O)(=O)C(F)(F)C(F)(F)C(F)(F)C(F)(F)C(F)(F)C(F)(F)C(C)F. The Morgan fingerprint density at radius 2 is 0.510 bits per heavy atom. The van der Waals surface area contributed by atoms with Crippen LogP contribution in [0.25, 0.3) is 0 Å². The zero-order chi connectivity index (χ0) is 40.9. The van der Waals surface area contributed by atoms with Crippen molar-refractivity contribution in [3.63, 3.8) is 0 Å². The van der Waals surface area contributed by atoms with E-state index in [2.05, 4.69) is 0 Å². The highest BCUT2D eigenvalue weighted by molar-refractivity contribution is 8.09. The molecule has 2 atom stereocenters. The van der Waals surface area contributed by atoms with Crippen LogP contribution >= 0.6 is 0 Å². The molecule has 0 fully saturated rings. The van der Waals surface area contributed by atoms with Crippen molar-refractivity contribution in [2.45, 2.75) is 95.9 Å². The van der Waals surface area contributed by atoms with E-state index in [0.29, 0.717) is 0 Å². The lowest BCUT2D eigenvalue weighted by molar-refractivity contribution is -0.421. The Labute approximate surface area is 252 Å². The van der Waals surface area contributed by atoms with Crippen LogP contribution in [0.3, 0.4) is 0 Å². The van der Waals surface area contributed by atoms with Crippen LogP contribution < -0.4 is 0 Å². The van der Waals surface area contributed by atoms with Gasteiger partial charge >= 0.3 is 69.7 Å². The number of sulfone groups is 2. The summed E-state index contributed by atoms with van der Waals surface area (Å²) >= 11 is 0. The van der Waals surface area contributed by atoms with E-state index < -0.39 is 121 Å². The molecule has 49 heavy (non-hydrogen) atoms. The normalized spacial score (nSPS) is 18.0. The summed E-state index contributed by atoms with van der Waals surface area (Å²) in [5.74, 6) is -85.2. The van der Waals surface area contributed by atoms with Crippen LogP contribution in [-0.4, -0.2) is 104 Å². The third kappa shape index (κ3) is 5.82. The van der Waals surface area contributed by atoms with Gasteiger partial charge in [0.1, 0.15) is 0 Å². The second-order valence-electron chi connectivity index (χ2n) is 9.45. The lowest BCUT2D eigenvalue weighted by Crippen LogP contribution is -2.73. The molecule has 0 bridgehead atoms. The standard InChI is InChI=1S/C17H10F26O4S2/c1-4(18)6(20,21)8(24,25)10(28,29)12(32,33)14(36,37)16(40,41)48(44,45)3-49(46,47)17(42,43)15(38,39)13(34,35)11(30,31)9(26,27)7(22,23)5(2)19/h4-5H,3H2,1-2H3. The van der Waals surface area contributed by atoms with E-state index in [1.54, 1.807) is 0 Å². The van der Waals surface area contributed by atoms with Crippen LogP contribution in [0.5, 0.6) is 0 Å². The van der Waals surface area contributed by atoms with Gasteiger partial charge in [-0.25, -0.2) is 25.6 Å². The minimum atomic E-state index is -9.16. The zero-order valence-electron chi connectivity index (χ0n) is 22.1. The summed E-state index contributed by atoms with van der Waals surface area (Å²) in [6.07, 6.45) is -9.60. The van der Waals surface area contributed by atoms with E-state index in [1.165, 1.54) is 0 Å². The Kier molecular flexibility index (Phi) is 11.3. The van der Waals surface area contributed by atoms with Crippen molar-refractivity contribution in [1.82, 2.24) is 0 Å². The predicted octanol–water partition coefficient (Wildman–Crippen LogP) is 8.03. The monoisotopic (exact) mass is 836 g/mol. The predicted molar refractivity (Wildman–Crippen MR) is 103 cm³/mol. The van der Waals surface area contributed by atoms with Crippen LogP contribution in [0.2, 0.25) is 0 Å². The number of hydrogen-bond donors (Lipinski definition) is 0. The molecule has 4 nitrogen and oxygen atoms in total. The van der Waals surface area contributed by atoms with E-state index in [1.807, 2.05) is 0 Å². The minimum absolute atomic E-state index is 0.881. The Morgan fingerprint density at radius 3 is 0.673 bits per heavy atom. The lowest BCUT2D eigenvalue weighted by Gasteiger charge is -2.42. The van der Waals surface area contributed by atoms with Crippen molar-refractivity contribution in [2.24, 2.45) is 0 Å². The van der Waals surface area contributed by atoms with Crippen molar-refractivity contribution in [3.05, 3.63) is 0 Å². The average molecular weight is 836 g/mol. The van der Waals surface area contributed by atoms with Gasteiger partial charge in [0, 0.05) is 0 Å². The van der Waals surface area contributed by atoms with E-state index >= 15 is 0 Å². The summed E-state index contributed by atoms with van der Waals surface area (Å²) in [5.41, 5.74) is 0. The van der Waals surface area contributed by atoms with E-state index in [0.717, 1.165) is 0 Å². The van der Waals surface area contributed by atoms with Crippen LogP contribution in [0.1, 0.15) is 13.8 Å². The molecule has 0 aromatic heterocycles. The zero-order valence-corrected chi connectivity index (χ0v) is 23.8. The molecule has 0 radical (unpaired) electrons. The summed E-state index contributed by atoms with van der Waals surface area (Å²) in [6.45, 7) is -1.76. The maximum absolute atomic E-state index is 14.0. The highest BCUT2D eigenvalue weighted by Gasteiger charge is 2.94. The van der Waals surface area contributed by atoms with E-state index in [4.69, 9.17) is 0 Å². The van der Waals surface area contributed by atoms with Crippen molar-refractivity contribution in [2.75, 3.05) is 5.08 Å². The molecule has 0 aliphatic carbocycles. The molecule has 0 aliphatic rings. The molecule has 2 unspecified atom stereocenters. The first kappa shape index (κ1) is 47.1. The molecule has 0 saturated carbocycles. The van der Waals surface area contributed by atoms with Gasteiger partial charge in [0.25, 0.3) is 0 Å². The van der Waals surface area contributed by atoms with Crippen molar-refractivity contribution < 1.29 is 131 Å². The fourth-order valence-corrected chi connectivity index (χ4v) is 6.67. The summed E-state index contributed by atoms with van der Waals surface area (Å²) in [7, 11) is -18.3. The fourth-order valence-electron chi connectivity index (χ4n) is 2.82. The molecule has 32 heteroatoms. The van der Waals surface area contributed by atoms with Gasteiger partial charge in [-0.3, -0.25) is 0 Å². The second kappa shape index (κ2) is 11.8. The Bertz CT molecular complexity index is 1340. The van der Waals surface area contributed by atoms with Crippen LogP contribution in [0.4, 0.5) is 114 Å². The van der Waals surface area contributed by atoms with Gasteiger partial charge < -0.3 is 0 Å². The van der Waals surface area contributed by atoms with Crippen molar-refractivity contribution in [1.29, 1.82) is 0 Å². The molecule has 0 amide bonds. The topological polar surface area (TPSA) is 68.3 Å². The first-order valence-corrected chi connectivity index (χ1v) is 14.2. The summed E-state index contributed by atoms with van der Waals surface area (Å²) in [4.78, 5) is 0. The largest absolute Gasteiger partial charge is 0.414 e. The maximum Gasteiger partial charge on any atom is 0.414 e. The highest BCUT2D eigenvalue weighted by Crippen LogP contribution is 2.64. The Hall–Kier alpha value is -1.92. The molecule has 0 spiro atoms. The molecule has 0 N–H and O–H groups in total. The Balaban J connectivity index is 7.35. The smallest absolute Gasteiger partial charge is 0.241 e. The fraction of sp³-hybridized carbons (Fsp3) is 1.00.